The number of alkyl halides is 3. The molecule has 3 heterocycles. The van der Waals surface area contributed by atoms with E-state index in [1.54, 1.807) is 30.5 Å². The van der Waals surface area contributed by atoms with Gasteiger partial charge in [-0.15, -0.1) is 0 Å². The molecular weight excluding hydrogens is 386 g/mol. The molecule has 3 aromatic rings. The molecule has 29 heavy (non-hydrogen) atoms. The van der Waals surface area contributed by atoms with Crippen LogP contribution in [0.3, 0.4) is 0 Å². The Morgan fingerprint density at radius 1 is 1.03 bits per heavy atom. The van der Waals surface area contributed by atoms with Crippen molar-refractivity contribution in [3.63, 3.8) is 0 Å². The average Bonchev–Trinajstić information content (AvgIpc) is 3.14. The van der Waals surface area contributed by atoms with E-state index in [-0.39, 0.29) is 5.65 Å². The number of aromatic nitrogens is 2. The second-order valence-electron chi connectivity index (χ2n) is 6.96. The maximum atomic E-state index is 14.1. The minimum atomic E-state index is -4.47. The van der Waals surface area contributed by atoms with Crippen LogP contribution in [0.4, 0.5) is 23.2 Å². The first-order valence-electron chi connectivity index (χ1n) is 9.05. The van der Waals surface area contributed by atoms with Crippen molar-refractivity contribution in [1.82, 2.24) is 14.3 Å². The largest absolute Gasteiger partial charge is 0.434 e. The number of halogens is 4. The molecule has 0 radical (unpaired) electrons. The van der Waals surface area contributed by atoms with Gasteiger partial charge in [0.1, 0.15) is 11.5 Å². The number of rotatable bonds is 3. The van der Waals surface area contributed by atoms with Crippen molar-refractivity contribution < 1.29 is 17.6 Å². The molecule has 1 saturated heterocycles. The van der Waals surface area contributed by atoms with Crippen LogP contribution in [-0.2, 0) is 12.7 Å². The number of nitriles is 1. The highest BCUT2D eigenvalue weighted by Gasteiger charge is 2.34. The minimum Gasteiger partial charge on any atom is -0.368 e. The summed E-state index contributed by atoms with van der Waals surface area (Å²) in [4.78, 5) is 7.80. The highest BCUT2D eigenvalue weighted by Crippen LogP contribution is 2.29. The number of piperazine rings is 1. The Morgan fingerprint density at radius 3 is 2.45 bits per heavy atom. The maximum absolute atomic E-state index is 14.1. The van der Waals surface area contributed by atoms with Crippen molar-refractivity contribution in [3.05, 3.63) is 65.4 Å². The molecule has 0 atom stereocenters. The summed E-state index contributed by atoms with van der Waals surface area (Å²) in [6.07, 6.45) is -1.84. The van der Waals surface area contributed by atoms with E-state index in [1.165, 1.54) is 10.5 Å². The number of hydrogen-bond donors (Lipinski definition) is 0. The van der Waals surface area contributed by atoms with Gasteiger partial charge in [-0.2, -0.15) is 18.4 Å². The second kappa shape index (κ2) is 7.37. The van der Waals surface area contributed by atoms with Crippen LogP contribution in [0.1, 0.15) is 16.8 Å². The van der Waals surface area contributed by atoms with Crippen LogP contribution in [0, 0.1) is 17.1 Å². The van der Waals surface area contributed by atoms with E-state index in [1.807, 2.05) is 6.07 Å². The molecule has 150 valence electrons. The maximum Gasteiger partial charge on any atom is 0.434 e. The summed E-state index contributed by atoms with van der Waals surface area (Å²) >= 11 is 0. The SMILES string of the molecule is N#Cc1ccc(CN2CCN(c3ccc4nc(C(F)(F)F)cn4c3)CC2)c(F)c1. The first kappa shape index (κ1) is 19.2. The molecule has 4 rings (SSSR count). The second-order valence-corrected chi connectivity index (χ2v) is 6.96. The molecule has 2 aromatic heterocycles. The predicted octanol–water partition coefficient (Wildman–Crippen LogP) is 3.69. The Kier molecular flexibility index (Phi) is 4.88. The van der Waals surface area contributed by atoms with Crippen LogP contribution in [-0.4, -0.2) is 40.5 Å². The fraction of sp³-hybridized carbons (Fsp3) is 0.300. The Bertz CT molecular complexity index is 1070. The van der Waals surface area contributed by atoms with Crippen LogP contribution in [0.2, 0.25) is 0 Å². The molecule has 9 heteroatoms. The average molecular weight is 403 g/mol. The molecule has 0 unspecified atom stereocenters. The van der Waals surface area contributed by atoms with Crippen LogP contribution in [0.5, 0.6) is 0 Å². The molecule has 1 fully saturated rings. The quantitative estimate of drug-likeness (QED) is 0.626. The summed E-state index contributed by atoms with van der Waals surface area (Å²) in [6, 6.07) is 9.72. The van der Waals surface area contributed by atoms with Gasteiger partial charge in [0.05, 0.1) is 17.3 Å². The van der Waals surface area contributed by atoms with Crippen LogP contribution >= 0.6 is 0 Å². The first-order valence-corrected chi connectivity index (χ1v) is 9.05. The van der Waals surface area contributed by atoms with Gasteiger partial charge >= 0.3 is 6.18 Å². The molecule has 1 aliphatic heterocycles. The van der Waals surface area contributed by atoms with Gasteiger partial charge in [0, 0.05) is 50.7 Å². The lowest BCUT2D eigenvalue weighted by Gasteiger charge is -2.36. The van der Waals surface area contributed by atoms with E-state index in [9.17, 15) is 17.6 Å². The highest BCUT2D eigenvalue weighted by atomic mass is 19.4. The molecule has 0 saturated carbocycles. The molecule has 0 spiro atoms. The Balaban J connectivity index is 1.42. The fourth-order valence-electron chi connectivity index (χ4n) is 3.45. The van der Waals surface area contributed by atoms with Crippen molar-refractivity contribution in [1.29, 1.82) is 5.26 Å². The van der Waals surface area contributed by atoms with E-state index >= 15 is 0 Å². The van der Waals surface area contributed by atoms with Gasteiger partial charge in [0.15, 0.2) is 5.69 Å². The zero-order valence-corrected chi connectivity index (χ0v) is 15.3. The van der Waals surface area contributed by atoms with Gasteiger partial charge in [-0.05, 0) is 24.3 Å². The third kappa shape index (κ3) is 4.03. The van der Waals surface area contributed by atoms with E-state index in [4.69, 9.17) is 5.26 Å². The first-order chi connectivity index (χ1) is 13.8. The molecule has 0 bridgehead atoms. The summed E-state index contributed by atoms with van der Waals surface area (Å²) in [7, 11) is 0. The van der Waals surface area contributed by atoms with Crippen LogP contribution in [0.15, 0.2) is 42.7 Å². The molecule has 0 amide bonds. The van der Waals surface area contributed by atoms with Gasteiger partial charge in [-0.25, -0.2) is 9.37 Å². The lowest BCUT2D eigenvalue weighted by molar-refractivity contribution is -0.140. The van der Waals surface area contributed by atoms with Gasteiger partial charge < -0.3 is 9.30 Å². The zero-order valence-electron chi connectivity index (χ0n) is 15.3. The molecule has 5 nitrogen and oxygen atoms in total. The van der Waals surface area contributed by atoms with E-state index in [2.05, 4.69) is 14.8 Å². The number of imidazole rings is 1. The van der Waals surface area contributed by atoms with Gasteiger partial charge in [-0.3, -0.25) is 4.90 Å². The number of nitrogens with zero attached hydrogens (tertiary/aromatic N) is 5. The molecule has 0 aliphatic carbocycles. The Labute approximate surface area is 164 Å². The predicted molar refractivity (Wildman–Crippen MR) is 98.8 cm³/mol. The van der Waals surface area contributed by atoms with Crippen LogP contribution in [0.25, 0.3) is 5.65 Å². The van der Waals surface area contributed by atoms with Crippen molar-refractivity contribution in [2.45, 2.75) is 12.7 Å². The summed E-state index contributed by atoms with van der Waals surface area (Å²) < 4.78 is 54.0. The van der Waals surface area contributed by atoms with E-state index in [0.717, 1.165) is 11.9 Å². The molecule has 0 N–H and O–H groups in total. The van der Waals surface area contributed by atoms with E-state index < -0.39 is 17.7 Å². The minimum absolute atomic E-state index is 0.246. The smallest absolute Gasteiger partial charge is 0.368 e. The molecular formula is C20H17F4N5. The highest BCUT2D eigenvalue weighted by molar-refractivity contribution is 5.53. The van der Waals surface area contributed by atoms with Crippen molar-refractivity contribution in [2.24, 2.45) is 0 Å². The lowest BCUT2D eigenvalue weighted by atomic mass is 10.1. The third-order valence-corrected chi connectivity index (χ3v) is 5.04. The van der Waals surface area contributed by atoms with Gasteiger partial charge in [-0.1, -0.05) is 6.07 Å². The number of fused-ring (bicyclic) bond motifs is 1. The van der Waals surface area contributed by atoms with Crippen molar-refractivity contribution in [2.75, 3.05) is 31.1 Å². The number of hydrogen-bond acceptors (Lipinski definition) is 4. The molecule has 1 aliphatic rings. The van der Waals surface area contributed by atoms with Crippen molar-refractivity contribution in [3.8, 4) is 6.07 Å². The fourth-order valence-corrected chi connectivity index (χ4v) is 3.45. The summed E-state index contributed by atoms with van der Waals surface area (Å²) in [5, 5.41) is 8.82. The monoisotopic (exact) mass is 403 g/mol. The third-order valence-electron chi connectivity index (χ3n) is 5.04. The van der Waals surface area contributed by atoms with Gasteiger partial charge in [0.2, 0.25) is 0 Å². The normalized spacial score (nSPS) is 15.6. The Hall–Kier alpha value is -3.12. The number of benzene rings is 1. The summed E-state index contributed by atoms with van der Waals surface area (Å²) in [5.74, 6) is -0.391. The molecule has 1 aromatic carbocycles. The Morgan fingerprint density at radius 2 is 1.79 bits per heavy atom. The topological polar surface area (TPSA) is 47.6 Å². The number of anilines is 1. The number of pyridine rings is 1. The van der Waals surface area contributed by atoms with Crippen molar-refractivity contribution >= 4 is 11.3 Å². The lowest BCUT2D eigenvalue weighted by Crippen LogP contribution is -2.46. The summed E-state index contributed by atoms with van der Waals surface area (Å²) in [6.45, 7) is 3.17. The zero-order chi connectivity index (χ0) is 20.6. The standard InChI is InChI=1S/C20H17F4N5/c21-17-9-14(10-25)1-2-15(17)11-27-5-7-28(8-6-27)16-3-4-19-26-18(20(22,23)24)13-29(19)12-16/h1-4,9,12-13H,5-8,11H2. The van der Waals surface area contributed by atoms with Crippen LogP contribution < -0.4 is 4.90 Å². The summed E-state index contributed by atoms with van der Waals surface area (Å²) in [5.41, 5.74) is 0.976. The van der Waals surface area contributed by atoms with E-state index in [0.29, 0.717) is 43.9 Å². The van der Waals surface area contributed by atoms with Gasteiger partial charge in [0.25, 0.3) is 0 Å².